The number of nitrogens with zero attached hydrogens (tertiary/aromatic N) is 2. The Hall–Kier alpha value is -2.30. The minimum Gasteiger partial charge on any atom is -0.467 e. The zero-order valence-electron chi connectivity index (χ0n) is 12.7. The van der Waals surface area contributed by atoms with Gasteiger partial charge in [0.05, 0.1) is 28.4 Å². The summed E-state index contributed by atoms with van der Waals surface area (Å²) in [5.41, 5.74) is 1.27. The van der Waals surface area contributed by atoms with Crippen molar-refractivity contribution in [3.8, 4) is 0 Å². The number of amides is 1. The first kappa shape index (κ1) is 16.6. The van der Waals surface area contributed by atoms with Crippen molar-refractivity contribution in [2.45, 2.75) is 13.1 Å². The summed E-state index contributed by atoms with van der Waals surface area (Å²) in [6.45, 7) is 0.708. The largest absolute Gasteiger partial charge is 0.467 e. The van der Waals surface area contributed by atoms with Crippen molar-refractivity contribution in [1.82, 2.24) is 9.88 Å². The van der Waals surface area contributed by atoms with Crippen LogP contribution in [-0.2, 0) is 13.1 Å². The highest BCUT2D eigenvalue weighted by Crippen LogP contribution is 2.27. The summed E-state index contributed by atoms with van der Waals surface area (Å²) >= 11 is 12.2. The summed E-state index contributed by atoms with van der Waals surface area (Å²) in [5, 5.41) is 0.599. The second kappa shape index (κ2) is 7.51. The lowest BCUT2D eigenvalue weighted by molar-refractivity contribution is 0.0717. The van der Waals surface area contributed by atoms with Crippen molar-refractivity contribution in [3.63, 3.8) is 0 Å². The highest BCUT2D eigenvalue weighted by molar-refractivity contribution is 6.43. The molecule has 1 aromatic carbocycles. The van der Waals surface area contributed by atoms with E-state index < -0.39 is 0 Å². The molecule has 0 atom stereocenters. The minimum absolute atomic E-state index is 0.220. The van der Waals surface area contributed by atoms with Crippen LogP contribution < -0.4 is 0 Å². The molecule has 0 bridgehead atoms. The molecule has 3 aromatic rings. The Kier molecular flexibility index (Phi) is 5.18. The highest BCUT2D eigenvalue weighted by atomic mass is 35.5. The van der Waals surface area contributed by atoms with Crippen LogP contribution in [0, 0.1) is 0 Å². The van der Waals surface area contributed by atoms with Crippen LogP contribution in [0.1, 0.15) is 21.7 Å². The van der Waals surface area contributed by atoms with E-state index in [9.17, 15) is 4.79 Å². The SMILES string of the molecule is O=C(c1cccc(Cl)c1Cl)N(Cc1cccnc1)Cc1ccco1. The van der Waals surface area contributed by atoms with Gasteiger partial charge in [-0.2, -0.15) is 0 Å². The number of carbonyl (C=O) groups excluding carboxylic acids is 1. The van der Waals surface area contributed by atoms with E-state index in [2.05, 4.69) is 4.98 Å². The lowest BCUT2D eigenvalue weighted by Crippen LogP contribution is -2.30. The predicted octanol–water partition coefficient (Wildman–Crippen LogP) is 4.82. The molecule has 2 heterocycles. The number of hydrogen-bond donors (Lipinski definition) is 0. The molecule has 0 aliphatic carbocycles. The fourth-order valence-electron chi connectivity index (χ4n) is 2.34. The Morgan fingerprint density at radius 2 is 1.96 bits per heavy atom. The van der Waals surface area contributed by atoms with Gasteiger partial charge in [-0.25, -0.2) is 0 Å². The van der Waals surface area contributed by atoms with Crippen LogP contribution in [0.4, 0.5) is 0 Å². The average Bonchev–Trinajstić information content (AvgIpc) is 3.10. The predicted molar refractivity (Wildman–Crippen MR) is 93.0 cm³/mol. The molecule has 2 aromatic heterocycles. The highest BCUT2D eigenvalue weighted by Gasteiger charge is 2.21. The van der Waals surface area contributed by atoms with Crippen LogP contribution >= 0.6 is 23.2 Å². The van der Waals surface area contributed by atoms with E-state index in [4.69, 9.17) is 27.6 Å². The van der Waals surface area contributed by atoms with E-state index in [1.54, 1.807) is 47.8 Å². The molecular weight excluding hydrogens is 347 g/mol. The quantitative estimate of drug-likeness (QED) is 0.654. The number of pyridine rings is 1. The molecule has 3 rings (SSSR count). The Balaban J connectivity index is 1.91. The Bertz CT molecular complexity index is 820. The average molecular weight is 361 g/mol. The van der Waals surface area contributed by atoms with E-state index in [0.717, 1.165) is 5.56 Å². The summed E-state index contributed by atoms with van der Waals surface area (Å²) < 4.78 is 5.37. The molecular formula is C18H14Cl2N2O2. The molecule has 24 heavy (non-hydrogen) atoms. The third-order valence-electron chi connectivity index (χ3n) is 3.49. The second-order valence-corrected chi connectivity index (χ2v) is 5.99. The van der Waals surface area contributed by atoms with Crippen molar-refractivity contribution in [2.24, 2.45) is 0 Å². The van der Waals surface area contributed by atoms with Crippen molar-refractivity contribution >= 4 is 29.1 Å². The zero-order chi connectivity index (χ0) is 16.9. The summed E-state index contributed by atoms with van der Waals surface area (Å²) in [6, 6.07) is 12.4. The number of benzene rings is 1. The van der Waals surface area contributed by atoms with Crippen LogP contribution in [0.15, 0.2) is 65.5 Å². The molecule has 0 radical (unpaired) electrons. The Morgan fingerprint density at radius 1 is 1.08 bits per heavy atom. The van der Waals surface area contributed by atoms with Gasteiger partial charge in [0.1, 0.15) is 5.76 Å². The van der Waals surface area contributed by atoms with Crippen LogP contribution in [-0.4, -0.2) is 15.8 Å². The molecule has 0 unspecified atom stereocenters. The third-order valence-corrected chi connectivity index (χ3v) is 4.31. The van der Waals surface area contributed by atoms with Crippen molar-refractivity contribution in [3.05, 3.63) is 88.1 Å². The second-order valence-electron chi connectivity index (χ2n) is 5.20. The van der Waals surface area contributed by atoms with Crippen molar-refractivity contribution in [2.75, 3.05) is 0 Å². The van der Waals surface area contributed by atoms with Gasteiger partial charge in [0.2, 0.25) is 0 Å². The summed E-state index contributed by atoms with van der Waals surface area (Å²) in [7, 11) is 0. The lowest BCUT2D eigenvalue weighted by atomic mass is 10.1. The van der Waals surface area contributed by atoms with Gasteiger partial charge in [-0.15, -0.1) is 0 Å². The summed E-state index contributed by atoms with van der Waals surface area (Å²) in [6.07, 6.45) is 4.99. The first-order valence-corrected chi connectivity index (χ1v) is 8.05. The number of halogens is 2. The standard InChI is InChI=1S/C18H14Cl2N2O2/c19-16-7-1-6-15(17(16)20)18(23)22(12-14-5-3-9-24-14)11-13-4-2-8-21-10-13/h1-10H,11-12H2. The maximum Gasteiger partial charge on any atom is 0.256 e. The van der Waals surface area contributed by atoms with Crippen LogP contribution in [0.2, 0.25) is 10.0 Å². The summed E-state index contributed by atoms with van der Waals surface area (Å²) in [5.74, 6) is 0.466. The number of furan rings is 1. The first-order valence-electron chi connectivity index (χ1n) is 7.29. The number of carbonyl (C=O) groups is 1. The molecule has 122 valence electrons. The monoisotopic (exact) mass is 360 g/mol. The molecule has 6 heteroatoms. The molecule has 4 nitrogen and oxygen atoms in total. The maximum atomic E-state index is 13.0. The number of hydrogen-bond acceptors (Lipinski definition) is 3. The zero-order valence-corrected chi connectivity index (χ0v) is 14.2. The van der Waals surface area contributed by atoms with Gasteiger partial charge in [0.25, 0.3) is 5.91 Å². The molecule has 1 amide bonds. The Labute approximate surface area is 149 Å². The van der Waals surface area contributed by atoms with Gasteiger partial charge < -0.3 is 9.32 Å². The molecule has 0 spiro atoms. The Morgan fingerprint density at radius 3 is 2.67 bits per heavy atom. The van der Waals surface area contributed by atoms with Gasteiger partial charge in [0.15, 0.2) is 0 Å². The molecule has 0 saturated carbocycles. The fraction of sp³-hybridized carbons (Fsp3) is 0.111. The van der Waals surface area contributed by atoms with Crippen molar-refractivity contribution in [1.29, 1.82) is 0 Å². The van der Waals surface area contributed by atoms with Gasteiger partial charge in [0, 0.05) is 18.9 Å². The number of rotatable bonds is 5. The first-order chi connectivity index (χ1) is 11.6. The molecule has 0 aliphatic heterocycles. The topological polar surface area (TPSA) is 46.3 Å². The van der Waals surface area contributed by atoms with E-state index >= 15 is 0 Å². The van der Waals surface area contributed by atoms with E-state index in [0.29, 0.717) is 29.4 Å². The normalized spacial score (nSPS) is 10.6. The number of aromatic nitrogens is 1. The fourth-order valence-corrected chi connectivity index (χ4v) is 2.72. The molecule has 0 fully saturated rings. The molecule has 0 N–H and O–H groups in total. The molecule has 0 aliphatic rings. The van der Waals surface area contributed by atoms with E-state index in [-0.39, 0.29) is 10.9 Å². The lowest BCUT2D eigenvalue weighted by Gasteiger charge is -2.22. The van der Waals surface area contributed by atoms with Gasteiger partial charge in [-0.3, -0.25) is 9.78 Å². The van der Waals surface area contributed by atoms with E-state index in [1.165, 1.54) is 0 Å². The smallest absolute Gasteiger partial charge is 0.256 e. The van der Waals surface area contributed by atoms with E-state index in [1.807, 2.05) is 18.2 Å². The van der Waals surface area contributed by atoms with Crippen molar-refractivity contribution < 1.29 is 9.21 Å². The van der Waals surface area contributed by atoms with Crippen LogP contribution in [0.3, 0.4) is 0 Å². The van der Waals surface area contributed by atoms with Gasteiger partial charge >= 0.3 is 0 Å². The summed E-state index contributed by atoms with van der Waals surface area (Å²) in [4.78, 5) is 18.7. The third kappa shape index (κ3) is 3.78. The maximum absolute atomic E-state index is 13.0. The van der Waals surface area contributed by atoms with Crippen LogP contribution in [0.25, 0.3) is 0 Å². The van der Waals surface area contributed by atoms with Gasteiger partial charge in [-0.1, -0.05) is 35.3 Å². The van der Waals surface area contributed by atoms with Gasteiger partial charge in [-0.05, 0) is 35.9 Å². The molecule has 0 saturated heterocycles. The van der Waals surface area contributed by atoms with Crippen LogP contribution in [0.5, 0.6) is 0 Å². The minimum atomic E-state index is -0.220.